The van der Waals surface area contributed by atoms with Gasteiger partial charge in [0.2, 0.25) is 0 Å². The highest BCUT2D eigenvalue weighted by molar-refractivity contribution is 6.08. The minimum Gasteiger partial charge on any atom is -0.493 e. The molecule has 1 atom stereocenters. The summed E-state index contributed by atoms with van der Waals surface area (Å²) in [5, 5.41) is 13.2. The van der Waals surface area contributed by atoms with Gasteiger partial charge in [0.1, 0.15) is 5.75 Å². The summed E-state index contributed by atoms with van der Waals surface area (Å²) in [4.78, 5) is 12.4. The van der Waals surface area contributed by atoms with Gasteiger partial charge in [0.05, 0.1) is 17.9 Å². The van der Waals surface area contributed by atoms with Gasteiger partial charge in [0.15, 0.2) is 5.60 Å². The van der Waals surface area contributed by atoms with Gasteiger partial charge in [-0.3, -0.25) is 4.79 Å². The standard InChI is InChI=1S/C17H12F3NO3/c18-17(19,20)12-3-1-2-11-14(12)21-15(22)16(11,23)10-4-5-13-9(8-10)6-7-24-13/h1-5,8,23H,6-7H2,(H,21,22). The fraction of sp³-hybridized carbons (Fsp3) is 0.235. The maximum Gasteiger partial charge on any atom is 0.418 e. The lowest BCUT2D eigenvalue weighted by Crippen LogP contribution is -2.35. The molecule has 2 heterocycles. The van der Waals surface area contributed by atoms with Crippen molar-refractivity contribution in [3.8, 4) is 5.75 Å². The third kappa shape index (κ3) is 1.94. The Hall–Kier alpha value is -2.54. The summed E-state index contributed by atoms with van der Waals surface area (Å²) in [5.41, 5.74) is -2.59. The number of amides is 1. The van der Waals surface area contributed by atoms with Gasteiger partial charge >= 0.3 is 6.18 Å². The van der Waals surface area contributed by atoms with E-state index < -0.39 is 28.9 Å². The molecule has 2 aromatic carbocycles. The van der Waals surface area contributed by atoms with Crippen LogP contribution in [0.15, 0.2) is 36.4 Å². The Labute approximate surface area is 134 Å². The maximum atomic E-state index is 13.2. The van der Waals surface area contributed by atoms with Crippen LogP contribution in [0.3, 0.4) is 0 Å². The van der Waals surface area contributed by atoms with Gasteiger partial charge in [-0.05, 0) is 29.3 Å². The largest absolute Gasteiger partial charge is 0.493 e. The molecule has 1 amide bonds. The lowest BCUT2D eigenvalue weighted by Gasteiger charge is -2.22. The van der Waals surface area contributed by atoms with Crippen LogP contribution < -0.4 is 10.1 Å². The number of hydrogen-bond acceptors (Lipinski definition) is 3. The number of aliphatic hydroxyl groups is 1. The van der Waals surface area contributed by atoms with Crippen LogP contribution in [0.1, 0.15) is 22.3 Å². The van der Waals surface area contributed by atoms with E-state index in [9.17, 15) is 23.1 Å². The normalized spacial score (nSPS) is 21.9. The number of ether oxygens (including phenoxy) is 1. The van der Waals surface area contributed by atoms with E-state index in [2.05, 4.69) is 5.32 Å². The van der Waals surface area contributed by atoms with Crippen molar-refractivity contribution in [2.45, 2.75) is 18.2 Å². The summed E-state index contributed by atoms with van der Waals surface area (Å²) in [6.07, 6.45) is -4.01. The van der Waals surface area contributed by atoms with Crippen LogP contribution >= 0.6 is 0 Å². The number of hydrogen-bond donors (Lipinski definition) is 2. The maximum absolute atomic E-state index is 13.2. The molecule has 2 aliphatic rings. The first-order chi connectivity index (χ1) is 11.3. The molecular formula is C17H12F3NO3. The fourth-order valence-electron chi connectivity index (χ4n) is 3.25. The topological polar surface area (TPSA) is 58.6 Å². The number of rotatable bonds is 1. The van der Waals surface area contributed by atoms with E-state index in [1.165, 1.54) is 18.2 Å². The zero-order valence-corrected chi connectivity index (χ0v) is 12.3. The van der Waals surface area contributed by atoms with Crippen LogP contribution in [0.5, 0.6) is 5.75 Å². The summed E-state index contributed by atoms with van der Waals surface area (Å²) in [6.45, 7) is 0.498. The monoisotopic (exact) mass is 335 g/mol. The molecule has 0 aliphatic carbocycles. The van der Waals surface area contributed by atoms with Gasteiger partial charge in [0, 0.05) is 12.0 Å². The Balaban J connectivity index is 1.90. The zero-order chi connectivity index (χ0) is 17.1. The number of alkyl halides is 3. The minimum absolute atomic E-state index is 0.0961. The second kappa shape index (κ2) is 4.73. The first kappa shape index (κ1) is 15.0. The van der Waals surface area contributed by atoms with E-state index in [1.54, 1.807) is 12.1 Å². The molecule has 0 saturated carbocycles. The Kier molecular flexibility index (Phi) is 2.96. The average Bonchev–Trinajstić information content (AvgIpc) is 3.09. The summed E-state index contributed by atoms with van der Waals surface area (Å²) >= 11 is 0. The number of carbonyl (C=O) groups is 1. The molecule has 124 valence electrons. The van der Waals surface area contributed by atoms with Gasteiger partial charge in [0.25, 0.3) is 5.91 Å². The van der Waals surface area contributed by atoms with Gasteiger partial charge in [-0.25, -0.2) is 0 Å². The molecule has 0 bridgehead atoms. The molecule has 2 aliphatic heterocycles. The Morgan fingerprint density at radius 3 is 2.75 bits per heavy atom. The van der Waals surface area contributed by atoms with Crippen molar-refractivity contribution in [3.05, 3.63) is 58.7 Å². The molecule has 2 aromatic rings. The molecule has 0 fully saturated rings. The Morgan fingerprint density at radius 2 is 2.00 bits per heavy atom. The average molecular weight is 335 g/mol. The predicted octanol–water partition coefficient (Wildman–Crippen LogP) is 2.83. The smallest absolute Gasteiger partial charge is 0.418 e. The van der Waals surface area contributed by atoms with Crippen LogP contribution in [-0.4, -0.2) is 17.6 Å². The molecule has 7 heteroatoms. The number of carbonyl (C=O) groups excluding carboxylic acids is 1. The van der Waals surface area contributed by atoms with Crippen molar-refractivity contribution in [1.29, 1.82) is 0 Å². The number of nitrogens with one attached hydrogen (secondary N) is 1. The van der Waals surface area contributed by atoms with Crippen molar-refractivity contribution in [2.75, 3.05) is 11.9 Å². The molecule has 0 spiro atoms. The van der Waals surface area contributed by atoms with Crippen LogP contribution in [-0.2, 0) is 23.0 Å². The highest BCUT2D eigenvalue weighted by atomic mass is 19.4. The number of fused-ring (bicyclic) bond motifs is 2. The minimum atomic E-state index is -4.63. The van der Waals surface area contributed by atoms with E-state index in [0.717, 1.165) is 11.6 Å². The van der Waals surface area contributed by atoms with E-state index in [4.69, 9.17) is 4.74 Å². The Bertz CT molecular complexity index is 863. The fourth-order valence-corrected chi connectivity index (χ4v) is 3.25. The van der Waals surface area contributed by atoms with E-state index in [1.807, 2.05) is 0 Å². The van der Waals surface area contributed by atoms with Gasteiger partial charge in [-0.15, -0.1) is 0 Å². The summed E-state index contributed by atoms with van der Waals surface area (Å²) in [6, 6.07) is 8.11. The molecule has 0 aromatic heterocycles. The van der Waals surface area contributed by atoms with Crippen molar-refractivity contribution in [2.24, 2.45) is 0 Å². The molecule has 0 saturated heterocycles. The molecule has 4 nitrogen and oxygen atoms in total. The van der Waals surface area contributed by atoms with E-state index in [0.29, 0.717) is 18.8 Å². The third-order valence-corrected chi connectivity index (χ3v) is 4.43. The first-order valence-corrected chi connectivity index (χ1v) is 7.32. The second-order valence-corrected chi connectivity index (χ2v) is 5.81. The van der Waals surface area contributed by atoms with Crippen LogP contribution in [0.25, 0.3) is 0 Å². The predicted molar refractivity (Wildman–Crippen MR) is 78.7 cm³/mol. The highest BCUT2D eigenvalue weighted by Gasteiger charge is 2.50. The van der Waals surface area contributed by atoms with Crippen LogP contribution in [0.2, 0.25) is 0 Å². The number of para-hydroxylation sites is 1. The molecule has 0 radical (unpaired) electrons. The van der Waals surface area contributed by atoms with Crippen molar-refractivity contribution in [3.63, 3.8) is 0 Å². The molecular weight excluding hydrogens is 323 g/mol. The number of halogens is 3. The second-order valence-electron chi connectivity index (χ2n) is 5.81. The lowest BCUT2D eigenvalue weighted by atomic mass is 9.85. The molecule has 4 rings (SSSR count). The SMILES string of the molecule is O=C1Nc2c(C(F)(F)F)cccc2C1(O)c1ccc2c(c1)CCO2. The van der Waals surface area contributed by atoms with Crippen molar-refractivity contribution >= 4 is 11.6 Å². The highest BCUT2D eigenvalue weighted by Crippen LogP contribution is 2.47. The van der Waals surface area contributed by atoms with Gasteiger partial charge < -0.3 is 15.2 Å². The number of anilines is 1. The third-order valence-electron chi connectivity index (χ3n) is 4.43. The first-order valence-electron chi connectivity index (χ1n) is 7.32. The van der Waals surface area contributed by atoms with E-state index in [-0.39, 0.29) is 11.1 Å². The number of benzene rings is 2. The van der Waals surface area contributed by atoms with Crippen LogP contribution in [0, 0.1) is 0 Å². The van der Waals surface area contributed by atoms with E-state index >= 15 is 0 Å². The summed E-state index contributed by atoms with van der Waals surface area (Å²) in [7, 11) is 0. The zero-order valence-electron chi connectivity index (χ0n) is 12.3. The molecule has 24 heavy (non-hydrogen) atoms. The molecule has 1 unspecified atom stereocenters. The summed E-state index contributed by atoms with van der Waals surface area (Å²) < 4.78 is 44.8. The van der Waals surface area contributed by atoms with Gasteiger partial charge in [-0.2, -0.15) is 13.2 Å². The van der Waals surface area contributed by atoms with Crippen LogP contribution in [0.4, 0.5) is 18.9 Å². The lowest BCUT2D eigenvalue weighted by molar-refractivity contribution is -0.136. The quantitative estimate of drug-likeness (QED) is 0.843. The summed E-state index contributed by atoms with van der Waals surface area (Å²) in [5.74, 6) is -0.238. The van der Waals surface area contributed by atoms with Crippen molar-refractivity contribution in [1.82, 2.24) is 0 Å². The van der Waals surface area contributed by atoms with Crippen molar-refractivity contribution < 1.29 is 27.8 Å². The van der Waals surface area contributed by atoms with Gasteiger partial charge in [-0.1, -0.05) is 18.2 Å². The Morgan fingerprint density at radius 1 is 1.21 bits per heavy atom. The molecule has 2 N–H and O–H groups in total.